The van der Waals surface area contributed by atoms with E-state index in [0.717, 1.165) is 0 Å². The van der Waals surface area contributed by atoms with Gasteiger partial charge in [-0.15, -0.1) is 0 Å². The van der Waals surface area contributed by atoms with Gasteiger partial charge in [0.1, 0.15) is 17.3 Å². The van der Waals surface area contributed by atoms with E-state index in [1.165, 1.54) is 18.7 Å². The zero-order valence-corrected chi connectivity index (χ0v) is 9.30. The molecule has 7 nitrogen and oxygen atoms in total. The summed E-state index contributed by atoms with van der Waals surface area (Å²) in [5.41, 5.74) is 0.191. The fraction of sp³-hybridized carbons (Fsp3) is 0.556. The van der Waals surface area contributed by atoms with Crippen LogP contribution in [0.2, 0.25) is 0 Å². The molecule has 1 heterocycles. The molecule has 1 unspecified atom stereocenters. The lowest BCUT2D eigenvalue weighted by molar-refractivity contribution is -0.386. The van der Waals surface area contributed by atoms with Crippen LogP contribution in [0.1, 0.15) is 30.7 Å². The van der Waals surface area contributed by atoms with Crippen LogP contribution in [0.5, 0.6) is 0 Å². The first-order valence-electron chi connectivity index (χ1n) is 4.80. The van der Waals surface area contributed by atoms with Crippen LogP contribution in [-0.2, 0) is 11.8 Å². The van der Waals surface area contributed by atoms with Crippen molar-refractivity contribution in [2.24, 2.45) is 7.05 Å². The summed E-state index contributed by atoms with van der Waals surface area (Å²) in [6.45, 7) is 3.17. The molecule has 7 heteroatoms. The molecule has 0 bridgehead atoms. The van der Waals surface area contributed by atoms with E-state index < -0.39 is 16.8 Å². The Bertz CT molecular complexity index is 438. The van der Waals surface area contributed by atoms with Crippen molar-refractivity contribution in [3.05, 3.63) is 21.5 Å². The highest BCUT2D eigenvalue weighted by atomic mass is 16.6. The molecule has 16 heavy (non-hydrogen) atoms. The summed E-state index contributed by atoms with van der Waals surface area (Å²) in [7, 11) is 1.51. The Labute approximate surface area is 91.8 Å². The molecule has 1 N–H and O–H groups in total. The monoisotopic (exact) mass is 227 g/mol. The van der Waals surface area contributed by atoms with E-state index in [4.69, 9.17) is 5.11 Å². The van der Waals surface area contributed by atoms with E-state index in [0.29, 0.717) is 0 Å². The number of aryl methyl sites for hydroxylation is 2. The number of carbonyl (C=O) groups is 1. The van der Waals surface area contributed by atoms with Crippen LogP contribution in [0.15, 0.2) is 0 Å². The van der Waals surface area contributed by atoms with Crippen molar-refractivity contribution in [2.75, 3.05) is 0 Å². The van der Waals surface area contributed by atoms with Crippen molar-refractivity contribution >= 4 is 11.7 Å². The molecule has 1 rings (SSSR count). The number of aromatic nitrogens is 2. The number of carboxylic acid groups (broad SMARTS) is 1. The third-order valence-electron chi connectivity index (χ3n) is 2.45. The van der Waals surface area contributed by atoms with Crippen LogP contribution in [0.3, 0.4) is 0 Å². The van der Waals surface area contributed by atoms with Gasteiger partial charge in [-0.1, -0.05) is 6.92 Å². The Morgan fingerprint density at radius 2 is 2.25 bits per heavy atom. The fourth-order valence-electron chi connectivity index (χ4n) is 1.77. The Hall–Kier alpha value is -1.92. The summed E-state index contributed by atoms with van der Waals surface area (Å²) in [5.74, 6) is -1.97. The summed E-state index contributed by atoms with van der Waals surface area (Å²) in [4.78, 5) is 21.3. The predicted molar refractivity (Wildman–Crippen MR) is 55.3 cm³/mol. The van der Waals surface area contributed by atoms with E-state index in [2.05, 4.69) is 5.10 Å². The first kappa shape index (κ1) is 12.2. The van der Waals surface area contributed by atoms with Crippen LogP contribution in [0.4, 0.5) is 5.69 Å². The summed E-state index contributed by atoms with van der Waals surface area (Å²) < 4.78 is 1.27. The minimum absolute atomic E-state index is 0.150. The quantitative estimate of drug-likeness (QED) is 0.615. The van der Waals surface area contributed by atoms with Gasteiger partial charge in [-0.2, -0.15) is 5.10 Å². The molecule has 1 aromatic heterocycles. The highest BCUT2D eigenvalue weighted by molar-refractivity contribution is 5.77. The minimum Gasteiger partial charge on any atom is -0.481 e. The van der Waals surface area contributed by atoms with Gasteiger partial charge in [0.15, 0.2) is 0 Å². The van der Waals surface area contributed by atoms with Gasteiger partial charge >= 0.3 is 11.7 Å². The van der Waals surface area contributed by atoms with Gasteiger partial charge in [-0.3, -0.25) is 19.6 Å². The van der Waals surface area contributed by atoms with Crippen molar-refractivity contribution in [1.82, 2.24) is 9.78 Å². The molecular weight excluding hydrogens is 214 g/mol. The van der Waals surface area contributed by atoms with Gasteiger partial charge in [0, 0.05) is 7.05 Å². The Morgan fingerprint density at radius 3 is 2.62 bits per heavy atom. The Kier molecular flexibility index (Phi) is 3.26. The summed E-state index contributed by atoms with van der Waals surface area (Å²) in [6, 6.07) is 0. The van der Waals surface area contributed by atoms with Crippen LogP contribution in [-0.4, -0.2) is 25.8 Å². The number of nitrogens with zero attached hydrogens (tertiary/aromatic N) is 3. The van der Waals surface area contributed by atoms with Gasteiger partial charge in [0.05, 0.1) is 4.92 Å². The number of aliphatic carboxylic acids is 1. The minimum atomic E-state index is -1.08. The lowest BCUT2D eigenvalue weighted by Crippen LogP contribution is -2.15. The first-order valence-corrected chi connectivity index (χ1v) is 4.80. The lowest BCUT2D eigenvalue weighted by atomic mass is 10.0. The Morgan fingerprint density at radius 1 is 1.69 bits per heavy atom. The highest BCUT2D eigenvalue weighted by Gasteiger charge is 2.32. The lowest BCUT2D eigenvalue weighted by Gasteiger charge is -2.09. The maximum atomic E-state index is 11.0. The summed E-state index contributed by atoms with van der Waals surface area (Å²) in [6.07, 6.45) is 0.287. The second kappa shape index (κ2) is 4.30. The Balaban J connectivity index is 3.41. The second-order valence-electron chi connectivity index (χ2n) is 3.50. The molecule has 0 radical (unpaired) electrons. The molecule has 0 spiro atoms. The molecule has 0 aliphatic carbocycles. The second-order valence-corrected chi connectivity index (χ2v) is 3.50. The van der Waals surface area contributed by atoms with Gasteiger partial charge in [-0.25, -0.2) is 0 Å². The molecular formula is C9H13N3O4. The molecule has 1 atom stereocenters. The molecule has 0 saturated carbocycles. The topological polar surface area (TPSA) is 98.3 Å². The van der Waals surface area contributed by atoms with Crippen LogP contribution < -0.4 is 0 Å². The molecule has 1 aromatic rings. The zero-order valence-electron chi connectivity index (χ0n) is 9.30. The number of nitro groups is 1. The summed E-state index contributed by atoms with van der Waals surface area (Å²) in [5, 5.41) is 23.8. The van der Waals surface area contributed by atoms with E-state index in [1.807, 2.05) is 0 Å². The van der Waals surface area contributed by atoms with Crippen LogP contribution in [0.25, 0.3) is 0 Å². The van der Waals surface area contributed by atoms with Crippen molar-refractivity contribution in [1.29, 1.82) is 0 Å². The van der Waals surface area contributed by atoms with Crippen molar-refractivity contribution in [3.8, 4) is 0 Å². The smallest absolute Gasteiger partial charge is 0.313 e. The standard InChI is InChI=1S/C9H13N3O4/c1-4-6(9(13)14)8-7(12(15)16)5(2)10-11(8)3/h6H,4H2,1-3H3,(H,13,14). The third kappa shape index (κ3) is 1.88. The molecule has 0 fully saturated rings. The zero-order chi connectivity index (χ0) is 12.5. The van der Waals surface area contributed by atoms with Crippen LogP contribution >= 0.6 is 0 Å². The third-order valence-corrected chi connectivity index (χ3v) is 2.45. The highest BCUT2D eigenvalue weighted by Crippen LogP contribution is 2.31. The molecule has 0 amide bonds. The van der Waals surface area contributed by atoms with Gasteiger partial charge in [0.25, 0.3) is 0 Å². The number of carboxylic acids is 1. The SMILES string of the molecule is CCC(C(=O)O)c1c([N+](=O)[O-])c(C)nn1C. The van der Waals surface area contributed by atoms with Crippen molar-refractivity contribution in [2.45, 2.75) is 26.2 Å². The molecule has 0 aromatic carbocycles. The average molecular weight is 227 g/mol. The maximum Gasteiger partial charge on any atom is 0.313 e. The van der Waals surface area contributed by atoms with E-state index in [9.17, 15) is 14.9 Å². The largest absolute Gasteiger partial charge is 0.481 e. The van der Waals surface area contributed by atoms with Gasteiger partial charge in [0.2, 0.25) is 0 Å². The fourth-order valence-corrected chi connectivity index (χ4v) is 1.77. The number of hydrogen-bond donors (Lipinski definition) is 1. The van der Waals surface area contributed by atoms with Crippen LogP contribution in [0, 0.1) is 17.0 Å². The number of hydrogen-bond acceptors (Lipinski definition) is 4. The van der Waals surface area contributed by atoms with E-state index >= 15 is 0 Å². The van der Waals surface area contributed by atoms with Crippen molar-refractivity contribution < 1.29 is 14.8 Å². The van der Waals surface area contributed by atoms with E-state index in [-0.39, 0.29) is 23.5 Å². The average Bonchev–Trinajstić information content (AvgIpc) is 2.42. The van der Waals surface area contributed by atoms with Gasteiger partial charge < -0.3 is 5.11 Å². The molecule has 0 aliphatic heterocycles. The molecule has 0 saturated heterocycles. The van der Waals surface area contributed by atoms with Gasteiger partial charge in [-0.05, 0) is 13.3 Å². The normalized spacial score (nSPS) is 12.4. The van der Waals surface area contributed by atoms with Crippen molar-refractivity contribution in [3.63, 3.8) is 0 Å². The first-order chi connectivity index (χ1) is 7.40. The summed E-state index contributed by atoms with van der Waals surface area (Å²) >= 11 is 0. The predicted octanol–water partition coefficient (Wildman–Crippen LogP) is 1.21. The maximum absolute atomic E-state index is 11.0. The molecule has 0 aliphatic rings. The molecule has 88 valence electrons. The van der Waals surface area contributed by atoms with E-state index in [1.54, 1.807) is 6.92 Å². The number of rotatable bonds is 4.